The summed E-state index contributed by atoms with van der Waals surface area (Å²) in [6, 6.07) is 8.17. The van der Waals surface area contributed by atoms with Gasteiger partial charge in [0.2, 0.25) is 0 Å². The van der Waals surface area contributed by atoms with E-state index in [-0.39, 0.29) is 6.04 Å². The van der Waals surface area contributed by atoms with Crippen molar-refractivity contribution in [3.63, 3.8) is 0 Å². The number of hydrogen-bond acceptors (Lipinski definition) is 2. The molecule has 3 rings (SSSR count). The molecule has 98 valence electrons. The van der Waals surface area contributed by atoms with Gasteiger partial charge in [0.15, 0.2) is 0 Å². The number of aromatic amines is 2. The molecule has 0 bridgehead atoms. The summed E-state index contributed by atoms with van der Waals surface area (Å²) in [6.07, 6.45) is 2.81. The zero-order valence-corrected chi connectivity index (χ0v) is 11.2. The molecular formula is C15H18N4. The summed E-state index contributed by atoms with van der Waals surface area (Å²) in [4.78, 5) is 11.0. The zero-order valence-electron chi connectivity index (χ0n) is 11.2. The zero-order chi connectivity index (χ0) is 13.4. The molecule has 3 aromatic rings. The van der Waals surface area contributed by atoms with Crippen LogP contribution in [0.4, 0.5) is 0 Å². The highest BCUT2D eigenvalue weighted by molar-refractivity contribution is 5.83. The summed E-state index contributed by atoms with van der Waals surface area (Å²) in [6.45, 7) is 4.01. The third-order valence-corrected chi connectivity index (χ3v) is 3.61. The van der Waals surface area contributed by atoms with Gasteiger partial charge in [0.1, 0.15) is 5.82 Å². The lowest BCUT2D eigenvalue weighted by Gasteiger charge is -2.07. The molecule has 2 heterocycles. The summed E-state index contributed by atoms with van der Waals surface area (Å²) in [5.74, 6) is 0.861. The van der Waals surface area contributed by atoms with Gasteiger partial charge in [-0.25, -0.2) is 4.98 Å². The number of imidazole rings is 1. The molecule has 0 aliphatic carbocycles. The van der Waals surface area contributed by atoms with E-state index >= 15 is 0 Å². The molecule has 2 aromatic heterocycles. The fourth-order valence-corrected chi connectivity index (χ4v) is 2.38. The highest BCUT2D eigenvalue weighted by Crippen LogP contribution is 2.22. The van der Waals surface area contributed by atoms with Crippen molar-refractivity contribution < 1.29 is 0 Å². The number of aryl methyl sites for hydroxylation is 2. The maximum Gasteiger partial charge on any atom is 0.123 e. The topological polar surface area (TPSA) is 70.5 Å². The predicted molar refractivity (Wildman–Crippen MR) is 77.0 cm³/mol. The van der Waals surface area contributed by atoms with Crippen LogP contribution in [0.3, 0.4) is 0 Å². The fourth-order valence-electron chi connectivity index (χ4n) is 2.38. The van der Waals surface area contributed by atoms with Crippen molar-refractivity contribution in [1.82, 2.24) is 15.0 Å². The Labute approximate surface area is 112 Å². The van der Waals surface area contributed by atoms with Crippen LogP contribution >= 0.6 is 0 Å². The van der Waals surface area contributed by atoms with Crippen LogP contribution in [0.2, 0.25) is 0 Å². The third-order valence-electron chi connectivity index (χ3n) is 3.61. The van der Waals surface area contributed by atoms with E-state index in [2.05, 4.69) is 27.1 Å². The fraction of sp³-hybridized carbons (Fsp3) is 0.267. The molecule has 0 aliphatic heterocycles. The Bertz CT molecular complexity index is 688. The van der Waals surface area contributed by atoms with Crippen LogP contribution in [0.5, 0.6) is 0 Å². The Morgan fingerprint density at radius 1 is 1.26 bits per heavy atom. The molecule has 0 radical (unpaired) electrons. The van der Waals surface area contributed by atoms with Gasteiger partial charge in [0, 0.05) is 22.8 Å². The molecule has 0 fully saturated rings. The molecule has 1 atom stereocenters. The lowest BCUT2D eigenvalue weighted by molar-refractivity contribution is 0.678. The number of H-pyrrole nitrogens is 2. The first kappa shape index (κ1) is 12.0. The molecule has 0 amide bonds. The lowest BCUT2D eigenvalue weighted by Crippen LogP contribution is -2.15. The number of nitrogens with one attached hydrogen (secondary N) is 2. The van der Waals surface area contributed by atoms with E-state index in [1.54, 1.807) is 0 Å². The van der Waals surface area contributed by atoms with Crippen molar-refractivity contribution in [3.05, 3.63) is 53.2 Å². The molecular weight excluding hydrogens is 236 g/mol. The minimum Gasteiger partial charge on any atom is -0.361 e. The van der Waals surface area contributed by atoms with Crippen molar-refractivity contribution in [3.8, 4) is 0 Å². The molecule has 1 unspecified atom stereocenters. The number of hydrogen-bond donors (Lipinski definition) is 3. The number of benzene rings is 1. The Morgan fingerprint density at radius 3 is 2.79 bits per heavy atom. The van der Waals surface area contributed by atoms with Gasteiger partial charge in [0.05, 0.1) is 11.7 Å². The van der Waals surface area contributed by atoms with E-state index in [4.69, 9.17) is 5.73 Å². The largest absolute Gasteiger partial charge is 0.361 e. The number of nitrogens with zero attached hydrogens (tertiary/aromatic N) is 1. The standard InChI is InChI=1S/C15H18N4/c1-9-10(2)19-15(18-9)13(16)7-11-8-17-14-6-4-3-5-12(11)14/h3-6,8,13,17H,7,16H2,1-2H3,(H,18,19). The summed E-state index contributed by atoms with van der Waals surface area (Å²) in [5, 5.41) is 1.23. The van der Waals surface area contributed by atoms with Crippen LogP contribution in [-0.2, 0) is 6.42 Å². The van der Waals surface area contributed by atoms with Crippen molar-refractivity contribution >= 4 is 10.9 Å². The van der Waals surface area contributed by atoms with Crippen molar-refractivity contribution in [2.24, 2.45) is 5.73 Å². The molecule has 4 N–H and O–H groups in total. The number of nitrogens with two attached hydrogens (primary N) is 1. The first-order valence-electron chi connectivity index (χ1n) is 6.49. The van der Waals surface area contributed by atoms with Crippen LogP contribution < -0.4 is 5.73 Å². The third kappa shape index (κ3) is 2.15. The quantitative estimate of drug-likeness (QED) is 0.672. The smallest absolute Gasteiger partial charge is 0.123 e. The lowest BCUT2D eigenvalue weighted by atomic mass is 10.1. The summed E-state index contributed by atoms with van der Waals surface area (Å²) >= 11 is 0. The van der Waals surface area contributed by atoms with E-state index in [1.807, 2.05) is 32.2 Å². The van der Waals surface area contributed by atoms with Crippen molar-refractivity contribution in [2.45, 2.75) is 26.3 Å². The minimum absolute atomic E-state index is 0.105. The Morgan fingerprint density at radius 2 is 2.05 bits per heavy atom. The van der Waals surface area contributed by atoms with Gasteiger partial charge >= 0.3 is 0 Å². The van der Waals surface area contributed by atoms with Crippen molar-refractivity contribution in [1.29, 1.82) is 0 Å². The van der Waals surface area contributed by atoms with Crippen LogP contribution in [0.25, 0.3) is 10.9 Å². The minimum atomic E-state index is -0.105. The number of fused-ring (bicyclic) bond motifs is 1. The first-order valence-corrected chi connectivity index (χ1v) is 6.49. The SMILES string of the molecule is Cc1nc(C(N)Cc2c[nH]c3ccccc23)[nH]c1C. The van der Waals surface area contributed by atoms with Gasteiger partial charge in [-0.2, -0.15) is 0 Å². The van der Waals surface area contributed by atoms with E-state index < -0.39 is 0 Å². The second-order valence-corrected chi connectivity index (χ2v) is 5.00. The van der Waals surface area contributed by atoms with E-state index in [9.17, 15) is 0 Å². The van der Waals surface area contributed by atoms with E-state index in [0.717, 1.165) is 29.1 Å². The molecule has 0 aliphatic rings. The first-order chi connectivity index (χ1) is 9.15. The van der Waals surface area contributed by atoms with Crippen LogP contribution in [0.1, 0.15) is 28.8 Å². The second kappa shape index (κ2) is 4.55. The van der Waals surface area contributed by atoms with Gasteiger partial charge in [-0.15, -0.1) is 0 Å². The molecule has 1 aromatic carbocycles. The van der Waals surface area contributed by atoms with Gasteiger partial charge in [-0.1, -0.05) is 18.2 Å². The maximum atomic E-state index is 6.25. The highest BCUT2D eigenvalue weighted by atomic mass is 15.0. The van der Waals surface area contributed by atoms with Gasteiger partial charge in [-0.05, 0) is 31.9 Å². The Kier molecular flexibility index (Phi) is 2.87. The summed E-state index contributed by atoms with van der Waals surface area (Å²) in [5.41, 5.74) is 10.7. The van der Waals surface area contributed by atoms with Gasteiger partial charge in [0.25, 0.3) is 0 Å². The monoisotopic (exact) mass is 254 g/mol. The normalized spacial score (nSPS) is 13.0. The summed E-state index contributed by atoms with van der Waals surface area (Å²) < 4.78 is 0. The number of rotatable bonds is 3. The molecule has 0 saturated heterocycles. The predicted octanol–water partition coefficient (Wildman–Crippen LogP) is 2.75. The number of aromatic nitrogens is 3. The number of para-hydroxylation sites is 1. The molecule has 19 heavy (non-hydrogen) atoms. The average molecular weight is 254 g/mol. The maximum absolute atomic E-state index is 6.25. The molecule has 0 spiro atoms. The van der Waals surface area contributed by atoms with Gasteiger partial charge < -0.3 is 15.7 Å². The summed E-state index contributed by atoms with van der Waals surface area (Å²) in [7, 11) is 0. The van der Waals surface area contributed by atoms with E-state index in [0.29, 0.717) is 0 Å². The van der Waals surface area contributed by atoms with Crippen LogP contribution in [0, 0.1) is 13.8 Å². The van der Waals surface area contributed by atoms with Crippen LogP contribution in [-0.4, -0.2) is 15.0 Å². The molecule has 0 saturated carbocycles. The Balaban J connectivity index is 1.88. The average Bonchev–Trinajstić information content (AvgIpc) is 2.95. The molecule has 4 heteroatoms. The van der Waals surface area contributed by atoms with E-state index in [1.165, 1.54) is 10.9 Å². The molecule has 4 nitrogen and oxygen atoms in total. The Hall–Kier alpha value is -2.07. The van der Waals surface area contributed by atoms with Crippen molar-refractivity contribution in [2.75, 3.05) is 0 Å². The highest BCUT2D eigenvalue weighted by Gasteiger charge is 2.14. The second-order valence-electron chi connectivity index (χ2n) is 5.00. The van der Waals surface area contributed by atoms with Gasteiger partial charge in [-0.3, -0.25) is 0 Å². The van der Waals surface area contributed by atoms with Crippen LogP contribution in [0.15, 0.2) is 30.5 Å².